The van der Waals surface area contributed by atoms with Gasteiger partial charge in [0.25, 0.3) is 5.91 Å². The molecule has 1 amide bonds. The minimum Gasteiger partial charge on any atom is -0.465 e. The first-order valence-corrected chi connectivity index (χ1v) is 9.56. The van der Waals surface area contributed by atoms with Gasteiger partial charge in [-0.25, -0.2) is 0 Å². The molecule has 0 atom stereocenters. The van der Waals surface area contributed by atoms with Crippen LogP contribution in [0.1, 0.15) is 33.5 Å². The third-order valence-electron chi connectivity index (χ3n) is 4.93. The fourth-order valence-electron chi connectivity index (χ4n) is 3.45. The molecule has 1 aliphatic rings. The van der Waals surface area contributed by atoms with E-state index in [0.717, 1.165) is 55.8 Å². The highest BCUT2D eigenvalue weighted by atomic mass is 16.3. The van der Waals surface area contributed by atoms with Crippen LogP contribution in [-0.2, 0) is 25.9 Å². The molecule has 0 aliphatic carbocycles. The maximum absolute atomic E-state index is 12.1. The maximum Gasteiger partial charge on any atom is 0.252 e. The van der Waals surface area contributed by atoms with Crippen LogP contribution in [-0.4, -0.2) is 50.2 Å². The van der Waals surface area contributed by atoms with Crippen LogP contribution >= 0.6 is 0 Å². The van der Waals surface area contributed by atoms with Crippen LogP contribution in [0.2, 0.25) is 0 Å². The average Bonchev–Trinajstić information content (AvgIpc) is 3.24. The molecule has 0 spiro atoms. The molecule has 146 valence electrons. The molecule has 3 aromatic heterocycles. The molecule has 0 unspecified atom stereocenters. The zero-order chi connectivity index (χ0) is 19.3. The Hall–Kier alpha value is -3.00. The number of amides is 1. The van der Waals surface area contributed by atoms with Crippen LogP contribution in [0.5, 0.6) is 0 Å². The second-order valence-electron chi connectivity index (χ2n) is 6.97. The van der Waals surface area contributed by atoms with Gasteiger partial charge >= 0.3 is 0 Å². The van der Waals surface area contributed by atoms with Crippen molar-refractivity contribution >= 4 is 5.91 Å². The standard InChI is InChI=1S/C20H24N6O2/c1-15-4-5-17(28-15)14-25-10-7-19-24-23-18(26(19)12-11-25)6-9-22-20(27)16-3-2-8-21-13-16/h2-5,8,13H,6-7,9-12,14H2,1H3,(H,22,27). The first-order valence-electron chi connectivity index (χ1n) is 9.56. The molecule has 0 aromatic carbocycles. The summed E-state index contributed by atoms with van der Waals surface area (Å²) in [4.78, 5) is 18.5. The SMILES string of the molecule is Cc1ccc(CN2CCc3nnc(CCNC(=O)c4cccnc4)n3CC2)o1. The van der Waals surface area contributed by atoms with Gasteiger partial charge in [0.1, 0.15) is 23.2 Å². The van der Waals surface area contributed by atoms with Gasteiger partial charge in [0.05, 0.1) is 12.1 Å². The zero-order valence-corrected chi connectivity index (χ0v) is 16.0. The molecule has 0 saturated carbocycles. The van der Waals surface area contributed by atoms with Crippen molar-refractivity contribution in [2.75, 3.05) is 19.6 Å². The Morgan fingerprint density at radius 3 is 2.93 bits per heavy atom. The van der Waals surface area contributed by atoms with Crippen molar-refractivity contribution in [1.29, 1.82) is 0 Å². The molecular weight excluding hydrogens is 356 g/mol. The predicted octanol–water partition coefficient (Wildman–Crippen LogP) is 1.61. The summed E-state index contributed by atoms with van der Waals surface area (Å²) in [5, 5.41) is 11.6. The Kier molecular flexibility index (Phi) is 5.48. The van der Waals surface area contributed by atoms with E-state index >= 15 is 0 Å². The van der Waals surface area contributed by atoms with Gasteiger partial charge in [-0.15, -0.1) is 10.2 Å². The number of fused-ring (bicyclic) bond motifs is 1. The van der Waals surface area contributed by atoms with Crippen molar-refractivity contribution in [1.82, 2.24) is 30.0 Å². The van der Waals surface area contributed by atoms with E-state index in [1.54, 1.807) is 24.5 Å². The number of carbonyl (C=O) groups is 1. The Bertz CT molecular complexity index is 933. The molecule has 4 rings (SSSR count). The lowest BCUT2D eigenvalue weighted by atomic mass is 10.2. The molecule has 0 radical (unpaired) electrons. The van der Waals surface area contributed by atoms with Crippen LogP contribution < -0.4 is 5.32 Å². The second kappa shape index (κ2) is 8.35. The summed E-state index contributed by atoms with van der Waals surface area (Å²) in [6.45, 7) is 5.97. The van der Waals surface area contributed by atoms with E-state index in [9.17, 15) is 4.79 Å². The monoisotopic (exact) mass is 380 g/mol. The molecule has 4 heterocycles. The van der Waals surface area contributed by atoms with Gasteiger partial charge in [0, 0.05) is 51.4 Å². The van der Waals surface area contributed by atoms with E-state index in [4.69, 9.17) is 4.42 Å². The molecule has 0 fully saturated rings. The Morgan fingerprint density at radius 2 is 2.14 bits per heavy atom. The number of carbonyl (C=O) groups excluding carboxylic acids is 1. The van der Waals surface area contributed by atoms with E-state index < -0.39 is 0 Å². The van der Waals surface area contributed by atoms with Gasteiger partial charge in [-0.05, 0) is 31.2 Å². The minimum absolute atomic E-state index is 0.122. The summed E-state index contributed by atoms with van der Waals surface area (Å²) in [5.41, 5.74) is 0.561. The molecule has 0 bridgehead atoms. The normalized spacial score (nSPS) is 14.5. The third kappa shape index (κ3) is 4.28. The van der Waals surface area contributed by atoms with Gasteiger partial charge in [-0.1, -0.05) is 0 Å². The second-order valence-corrected chi connectivity index (χ2v) is 6.97. The summed E-state index contributed by atoms with van der Waals surface area (Å²) in [6, 6.07) is 7.54. The number of hydrogen-bond acceptors (Lipinski definition) is 6. The summed E-state index contributed by atoms with van der Waals surface area (Å²) in [7, 11) is 0. The maximum atomic E-state index is 12.1. The third-order valence-corrected chi connectivity index (χ3v) is 4.93. The number of hydrogen-bond donors (Lipinski definition) is 1. The zero-order valence-electron chi connectivity index (χ0n) is 16.0. The number of nitrogens with zero attached hydrogens (tertiary/aromatic N) is 5. The molecule has 8 nitrogen and oxygen atoms in total. The fourth-order valence-corrected chi connectivity index (χ4v) is 3.45. The predicted molar refractivity (Wildman–Crippen MR) is 103 cm³/mol. The Balaban J connectivity index is 1.31. The lowest BCUT2D eigenvalue weighted by molar-refractivity contribution is 0.0953. The molecule has 1 aliphatic heterocycles. The first kappa shape index (κ1) is 18.4. The number of nitrogens with one attached hydrogen (secondary N) is 1. The lowest BCUT2D eigenvalue weighted by Gasteiger charge is -2.18. The molecule has 3 aromatic rings. The van der Waals surface area contributed by atoms with Crippen LogP contribution in [0.4, 0.5) is 0 Å². The summed E-state index contributed by atoms with van der Waals surface area (Å²) >= 11 is 0. The van der Waals surface area contributed by atoms with Crippen molar-refractivity contribution in [3.05, 3.63) is 65.4 Å². The topological polar surface area (TPSA) is 89.1 Å². The van der Waals surface area contributed by atoms with E-state index in [0.29, 0.717) is 18.5 Å². The van der Waals surface area contributed by atoms with Gasteiger partial charge in [-0.2, -0.15) is 0 Å². The van der Waals surface area contributed by atoms with E-state index in [1.807, 2.05) is 19.1 Å². The van der Waals surface area contributed by atoms with Gasteiger partial charge in [-0.3, -0.25) is 14.7 Å². The number of aryl methyl sites for hydroxylation is 1. The van der Waals surface area contributed by atoms with Crippen molar-refractivity contribution < 1.29 is 9.21 Å². The highest BCUT2D eigenvalue weighted by Gasteiger charge is 2.19. The molecule has 8 heteroatoms. The molecule has 0 saturated heterocycles. The molecule has 28 heavy (non-hydrogen) atoms. The van der Waals surface area contributed by atoms with Crippen molar-refractivity contribution in [2.45, 2.75) is 32.9 Å². The summed E-state index contributed by atoms with van der Waals surface area (Å²) in [5.74, 6) is 3.73. The highest BCUT2D eigenvalue weighted by molar-refractivity contribution is 5.93. The molecule has 1 N–H and O–H groups in total. The minimum atomic E-state index is -0.122. The summed E-state index contributed by atoms with van der Waals surface area (Å²) in [6.07, 6.45) is 4.72. The van der Waals surface area contributed by atoms with Crippen LogP contribution in [0.15, 0.2) is 41.1 Å². The fraction of sp³-hybridized carbons (Fsp3) is 0.400. The largest absolute Gasteiger partial charge is 0.465 e. The van der Waals surface area contributed by atoms with Crippen LogP contribution in [0.25, 0.3) is 0 Å². The molecular formula is C20H24N6O2. The van der Waals surface area contributed by atoms with E-state index in [1.165, 1.54) is 0 Å². The van der Waals surface area contributed by atoms with Crippen molar-refractivity contribution in [3.8, 4) is 0 Å². The quantitative estimate of drug-likeness (QED) is 0.699. The van der Waals surface area contributed by atoms with Crippen molar-refractivity contribution in [2.24, 2.45) is 0 Å². The number of furan rings is 1. The van der Waals surface area contributed by atoms with Crippen LogP contribution in [0.3, 0.4) is 0 Å². The van der Waals surface area contributed by atoms with E-state index in [-0.39, 0.29) is 5.91 Å². The van der Waals surface area contributed by atoms with Gasteiger partial charge in [0.2, 0.25) is 0 Å². The van der Waals surface area contributed by atoms with Gasteiger partial charge < -0.3 is 14.3 Å². The lowest BCUT2D eigenvalue weighted by Crippen LogP contribution is -2.28. The average molecular weight is 380 g/mol. The van der Waals surface area contributed by atoms with Gasteiger partial charge in [0.15, 0.2) is 0 Å². The Morgan fingerprint density at radius 1 is 1.21 bits per heavy atom. The number of aromatic nitrogens is 4. The summed E-state index contributed by atoms with van der Waals surface area (Å²) < 4.78 is 7.88. The number of pyridine rings is 1. The highest BCUT2D eigenvalue weighted by Crippen LogP contribution is 2.14. The Labute approximate surface area is 163 Å². The van der Waals surface area contributed by atoms with Crippen LogP contribution in [0, 0.1) is 6.92 Å². The van der Waals surface area contributed by atoms with E-state index in [2.05, 4.69) is 30.0 Å². The first-order chi connectivity index (χ1) is 13.7. The smallest absolute Gasteiger partial charge is 0.252 e. The van der Waals surface area contributed by atoms with Crippen molar-refractivity contribution in [3.63, 3.8) is 0 Å². The number of rotatable bonds is 6.